The number of ketones is 1. The summed E-state index contributed by atoms with van der Waals surface area (Å²) in [4.78, 5) is 26.8. The lowest BCUT2D eigenvalue weighted by molar-refractivity contribution is -0.141. The van der Waals surface area contributed by atoms with Gasteiger partial charge in [-0.25, -0.2) is 0 Å². The lowest BCUT2D eigenvalue weighted by Crippen LogP contribution is -2.53. The third-order valence-corrected chi connectivity index (χ3v) is 5.04. The van der Waals surface area contributed by atoms with Crippen molar-refractivity contribution in [3.63, 3.8) is 0 Å². The van der Waals surface area contributed by atoms with Crippen molar-refractivity contribution < 1.29 is 9.59 Å². The number of fused-ring (bicyclic) bond motifs is 1. The summed E-state index contributed by atoms with van der Waals surface area (Å²) in [5.74, 6) is 0.411. The molecule has 106 valence electrons. The van der Waals surface area contributed by atoms with E-state index < -0.39 is 5.54 Å². The van der Waals surface area contributed by atoms with Crippen LogP contribution in [0.25, 0.3) is 0 Å². The van der Waals surface area contributed by atoms with Crippen LogP contribution in [0, 0.1) is 0 Å². The fourth-order valence-electron chi connectivity index (χ4n) is 3.52. The van der Waals surface area contributed by atoms with Gasteiger partial charge in [0.1, 0.15) is 5.54 Å². The first kappa shape index (κ1) is 13.8. The van der Waals surface area contributed by atoms with Gasteiger partial charge >= 0.3 is 0 Å². The molecule has 0 bridgehead atoms. The van der Waals surface area contributed by atoms with E-state index in [0.717, 1.165) is 29.4 Å². The lowest BCUT2D eigenvalue weighted by Gasteiger charge is -2.36. The zero-order chi connectivity index (χ0) is 14.2. The van der Waals surface area contributed by atoms with Gasteiger partial charge in [0, 0.05) is 30.3 Å². The second-order valence-corrected chi connectivity index (χ2v) is 6.68. The molecular formula is C16H18BrNO2. The van der Waals surface area contributed by atoms with Gasteiger partial charge in [-0.15, -0.1) is 0 Å². The molecule has 0 aromatic heterocycles. The van der Waals surface area contributed by atoms with Crippen LogP contribution in [0.5, 0.6) is 0 Å². The smallest absolute Gasteiger partial charge is 0.223 e. The van der Waals surface area contributed by atoms with Crippen molar-refractivity contribution in [2.75, 3.05) is 6.54 Å². The number of carbonyl (C=O) groups excluding carboxylic acids is 2. The Morgan fingerprint density at radius 2 is 1.85 bits per heavy atom. The van der Waals surface area contributed by atoms with Crippen molar-refractivity contribution >= 4 is 27.6 Å². The second kappa shape index (κ2) is 5.32. The van der Waals surface area contributed by atoms with Gasteiger partial charge in [-0.05, 0) is 37.0 Å². The largest absolute Gasteiger partial charge is 0.330 e. The van der Waals surface area contributed by atoms with E-state index in [2.05, 4.69) is 15.9 Å². The number of rotatable bonds is 2. The van der Waals surface area contributed by atoms with Crippen molar-refractivity contribution in [2.24, 2.45) is 0 Å². The lowest BCUT2D eigenvalue weighted by atomic mass is 9.83. The van der Waals surface area contributed by atoms with E-state index in [1.54, 1.807) is 0 Å². The van der Waals surface area contributed by atoms with Crippen LogP contribution in [-0.2, 0) is 16.0 Å². The van der Waals surface area contributed by atoms with Gasteiger partial charge in [0.25, 0.3) is 0 Å². The van der Waals surface area contributed by atoms with Gasteiger partial charge in [0.15, 0.2) is 5.78 Å². The highest BCUT2D eigenvalue weighted by Gasteiger charge is 2.49. The van der Waals surface area contributed by atoms with Gasteiger partial charge in [0.2, 0.25) is 5.91 Å². The Hall–Kier alpha value is -1.16. The van der Waals surface area contributed by atoms with Gasteiger partial charge in [-0.3, -0.25) is 9.59 Å². The molecule has 2 saturated heterocycles. The summed E-state index contributed by atoms with van der Waals surface area (Å²) < 4.78 is 1.03. The van der Waals surface area contributed by atoms with Crippen LogP contribution in [0.4, 0.5) is 0 Å². The first-order valence-electron chi connectivity index (χ1n) is 7.20. The molecule has 0 unspecified atom stereocenters. The van der Waals surface area contributed by atoms with Gasteiger partial charge < -0.3 is 4.90 Å². The van der Waals surface area contributed by atoms with Crippen LogP contribution < -0.4 is 0 Å². The van der Waals surface area contributed by atoms with E-state index in [-0.39, 0.29) is 11.7 Å². The molecule has 0 aliphatic carbocycles. The minimum absolute atomic E-state index is 0.158. The van der Waals surface area contributed by atoms with E-state index in [4.69, 9.17) is 0 Å². The quantitative estimate of drug-likeness (QED) is 0.832. The Bertz CT molecular complexity index is 540. The fraction of sp³-hybridized carbons (Fsp3) is 0.500. The summed E-state index contributed by atoms with van der Waals surface area (Å²) in [6.45, 7) is 0.737. The van der Waals surface area contributed by atoms with Gasteiger partial charge in [-0.2, -0.15) is 0 Å². The molecule has 1 aromatic rings. The predicted octanol–water partition coefficient (Wildman–Crippen LogP) is 3.11. The Morgan fingerprint density at radius 3 is 2.60 bits per heavy atom. The van der Waals surface area contributed by atoms with E-state index in [1.807, 2.05) is 29.2 Å². The van der Waals surface area contributed by atoms with Crippen molar-refractivity contribution in [3.8, 4) is 0 Å². The molecule has 1 atom stereocenters. The topological polar surface area (TPSA) is 37.4 Å². The number of hydrogen-bond acceptors (Lipinski definition) is 2. The minimum atomic E-state index is -0.568. The molecule has 0 N–H and O–H groups in total. The van der Waals surface area contributed by atoms with E-state index >= 15 is 0 Å². The number of hydrogen-bond donors (Lipinski definition) is 0. The third-order valence-electron chi connectivity index (χ3n) is 4.51. The maximum absolute atomic E-state index is 12.6. The summed E-state index contributed by atoms with van der Waals surface area (Å²) in [6, 6.07) is 8.07. The molecule has 2 aliphatic rings. The monoisotopic (exact) mass is 335 g/mol. The predicted molar refractivity (Wildman–Crippen MR) is 80.4 cm³/mol. The fourth-order valence-corrected chi connectivity index (χ4v) is 3.79. The molecule has 0 saturated carbocycles. The van der Waals surface area contributed by atoms with E-state index in [1.165, 1.54) is 0 Å². The van der Waals surface area contributed by atoms with Crippen LogP contribution in [-0.4, -0.2) is 28.7 Å². The average molecular weight is 336 g/mol. The molecule has 0 radical (unpaired) electrons. The molecule has 2 aliphatic heterocycles. The SMILES string of the molecule is O=C1CCCC(=O)[C@]2(Cc3ccc(Br)cc3)CCCN12. The highest BCUT2D eigenvalue weighted by molar-refractivity contribution is 9.10. The summed E-state index contributed by atoms with van der Waals surface area (Å²) in [7, 11) is 0. The normalized spacial score (nSPS) is 26.6. The third kappa shape index (κ3) is 2.30. The highest BCUT2D eigenvalue weighted by Crippen LogP contribution is 2.37. The maximum Gasteiger partial charge on any atom is 0.223 e. The number of Topliss-reactive ketones (excluding diaryl/α,β-unsaturated/α-hetero) is 1. The van der Waals surface area contributed by atoms with Crippen LogP contribution in [0.1, 0.15) is 37.7 Å². The molecule has 1 aromatic carbocycles. The second-order valence-electron chi connectivity index (χ2n) is 5.76. The van der Waals surface area contributed by atoms with Gasteiger partial charge in [0.05, 0.1) is 0 Å². The van der Waals surface area contributed by atoms with Crippen molar-refractivity contribution in [1.29, 1.82) is 0 Å². The molecule has 3 nitrogen and oxygen atoms in total. The van der Waals surface area contributed by atoms with Crippen LogP contribution >= 0.6 is 15.9 Å². The summed E-state index contributed by atoms with van der Waals surface area (Å²) in [5.41, 5.74) is 0.560. The van der Waals surface area contributed by atoms with Gasteiger partial charge in [-0.1, -0.05) is 28.1 Å². The molecule has 20 heavy (non-hydrogen) atoms. The number of carbonyl (C=O) groups is 2. The molecule has 2 fully saturated rings. The standard InChI is InChI=1S/C16H18BrNO2/c17-13-7-5-12(6-8-13)11-16-9-2-10-18(16)15(20)4-1-3-14(16)19/h5-8H,1-4,9-11H2/t16-/m1/s1. The zero-order valence-corrected chi connectivity index (χ0v) is 13.0. The average Bonchev–Trinajstić information content (AvgIpc) is 2.82. The van der Waals surface area contributed by atoms with Crippen molar-refractivity contribution in [2.45, 2.75) is 44.1 Å². The number of benzene rings is 1. The molecular weight excluding hydrogens is 318 g/mol. The van der Waals surface area contributed by atoms with Crippen LogP contribution in [0.2, 0.25) is 0 Å². The summed E-state index contributed by atoms with van der Waals surface area (Å²) in [5, 5.41) is 0. The molecule has 1 amide bonds. The van der Waals surface area contributed by atoms with Crippen LogP contribution in [0.15, 0.2) is 28.7 Å². The molecule has 4 heteroatoms. The van der Waals surface area contributed by atoms with Crippen molar-refractivity contribution in [3.05, 3.63) is 34.3 Å². The van der Waals surface area contributed by atoms with E-state index in [0.29, 0.717) is 25.7 Å². The Kier molecular flexibility index (Phi) is 3.67. The number of halogens is 1. The van der Waals surface area contributed by atoms with Crippen molar-refractivity contribution in [1.82, 2.24) is 4.90 Å². The first-order valence-corrected chi connectivity index (χ1v) is 7.99. The van der Waals surface area contributed by atoms with Crippen LogP contribution in [0.3, 0.4) is 0 Å². The Balaban J connectivity index is 1.95. The first-order chi connectivity index (χ1) is 9.62. The zero-order valence-electron chi connectivity index (χ0n) is 11.4. The Labute approximate surface area is 127 Å². The summed E-state index contributed by atoms with van der Waals surface area (Å²) in [6.07, 6.45) is 4.18. The number of amides is 1. The number of nitrogens with zero attached hydrogens (tertiary/aromatic N) is 1. The minimum Gasteiger partial charge on any atom is -0.330 e. The Morgan fingerprint density at radius 1 is 1.10 bits per heavy atom. The van der Waals surface area contributed by atoms with E-state index in [9.17, 15) is 9.59 Å². The molecule has 0 spiro atoms. The highest BCUT2D eigenvalue weighted by atomic mass is 79.9. The molecule has 2 heterocycles. The maximum atomic E-state index is 12.6. The molecule has 3 rings (SSSR count). The summed E-state index contributed by atoms with van der Waals surface area (Å²) >= 11 is 3.43.